The molecule has 28 heavy (non-hydrogen) atoms. The summed E-state index contributed by atoms with van der Waals surface area (Å²) >= 11 is 5.30. The van der Waals surface area contributed by atoms with Crippen LogP contribution in [0, 0.1) is 27.7 Å². The van der Waals surface area contributed by atoms with Gasteiger partial charge in [-0.15, -0.1) is 0 Å². The standard InChI is InChI=1S/C19H25N5O2S2/c1-12-5-6-18(13(2)9-12)21-19(27)22-20-10-17-14(3)23-24(15(17)4)16-7-8-28(25,26)11-16/h5-6,9-10,16H,7-8,11H2,1-4H3,(H2,21,22,27)/b20-10-/t16-/m1/s1. The largest absolute Gasteiger partial charge is 0.331 e. The number of nitrogens with one attached hydrogen (secondary N) is 2. The molecule has 0 aliphatic carbocycles. The van der Waals surface area contributed by atoms with Crippen LogP contribution < -0.4 is 10.7 Å². The predicted octanol–water partition coefficient (Wildman–Crippen LogP) is 2.80. The van der Waals surface area contributed by atoms with Gasteiger partial charge in [0.15, 0.2) is 14.9 Å². The number of benzene rings is 1. The van der Waals surface area contributed by atoms with E-state index in [2.05, 4.69) is 27.0 Å². The van der Waals surface area contributed by atoms with Gasteiger partial charge in [0.2, 0.25) is 0 Å². The summed E-state index contributed by atoms with van der Waals surface area (Å²) in [7, 11) is -2.96. The van der Waals surface area contributed by atoms with Gasteiger partial charge in [0, 0.05) is 16.9 Å². The monoisotopic (exact) mass is 419 g/mol. The summed E-state index contributed by atoms with van der Waals surface area (Å²) in [5.74, 6) is 0.368. The topological polar surface area (TPSA) is 88.4 Å². The van der Waals surface area contributed by atoms with Gasteiger partial charge in [-0.3, -0.25) is 10.1 Å². The third-order valence-corrected chi connectivity index (χ3v) is 6.87. The zero-order chi connectivity index (χ0) is 20.5. The number of hydrogen-bond acceptors (Lipinski definition) is 5. The lowest BCUT2D eigenvalue weighted by Gasteiger charge is -2.11. The second kappa shape index (κ2) is 8.00. The molecule has 1 aliphatic heterocycles. The molecule has 1 aliphatic rings. The molecule has 1 fully saturated rings. The van der Waals surface area contributed by atoms with Crippen LogP contribution in [0.15, 0.2) is 23.3 Å². The Morgan fingerprint density at radius 3 is 2.71 bits per heavy atom. The van der Waals surface area contributed by atoms with E-state index in [-0.39, 0.29) is 17.5 Å². The summed E-state index contributed by atoms with van der Waals surface area (Å²) in [5.41, 5.74) is 8.63. The Kier molecular flexibility index (Phi) is 5.85. The van der Waals surface area contributed by atoms with E-state index in [0.717, 1.165) is 28.2 Å². The fourth-order valence-electron chi connectivity index (χ4n) is 3.45. The SMILES string of the molecule is Cc1ccc(NC(=S)N/N=C\c2c(C)nn([C@@H]3CCS(=O)(=O)C3)c2C)c(C)c1. The number of aromatic nitrogens is 2. The quantitative estimate of drug-likeness (QED) is 0.450. The van der Waals surface area contributed by atoms with Gasteiger partial charge in [-0.2, -0.15) is 10.2 Å². The minimum atomic E-state index is -2.96. The third-order valence-electron chi connectivity index (χ3n) is 4.93. The van der Waals surface area contributed by atoms with Crippen molar-refractivity contribution in [3.05, 3.63) is 46.3 Å². The number of thiocarbonyl (C=S) groups is 1. The molecule has 1 atom stereocenters. The van der Waals surface area contributed by atoms with E-state index < -0.39 is 9.84 Å². The lowest BCUT2D eigenvalue weighted by molar-refractivity contribution is 0.486. The predicted molar refractivity (Wildman–Crippen MR) is 117 cm³/mol. The van der Waals surface area contributed by atoms with E-state index in [4.69, 9.17) is 12.2 Å². The first kappa shape index (κ1) is 20.5. The van der Waals surface area contributed by atoms with Crippen LogP contribution in [0.25, 0.3) is 0 Å². The van der Waals surface area contributed by atoms with Crippen molar-refractivity contribution in [2.24, 2.45) is 5.10 Å². The Bertz CT molecular complexity index is 1040. The maximum atomic E-state index is 11.8. The highest BCUT2D eigenvalue weighted by Gasteiger charge is 2.31. The smallest absolute Gasteiger partial charge is 0.191 e. The van der Waals surface area contributed by atoms with Gasteiger partial charge in [0.05, 0.1) is 29.5 Å². The highest BCUT2D eigenvalue weighted by Crippen LogP contribution is 2.26. The zero-order valence-corrected chi connectivity index (χ0v) is 18.1. The van der Waals surface area contributed by atoms with Crippen LogP contribution in [-0.4, -0.2) is 41.0 Å². The number of rotatable bonds is 4. The van der Waals surface area contributed by atoms with Crippen LogP contribution in [0.3, 0.4) is 0 Å². The van der Waals surface area contributed by atoms with Gasteiger partial charge in [0.25, 0.3) is 0 Å². The lowest BCUT2D eigenvalue weighted by atomic mass is 10.1. The number of anilines is 1. The molecule has 0 amide bonds. The second-order valence-corrected chi connectivity index (χ2v) is 9.87. The van der Waals surface area contributed by atoms with E-state index in [1.54, 1.807) is 6.21 Å². The number of hydrogen-bond donors (Lipinski definition) is 2. The summed E-state index contributed by atoms with van der Waals surface area (Å²) in [6.07, 6.45) is 2.27. The van der Waals surface area contributed by atoms with Crippen molar-refractivity contribution >= 4 is 39.1 Å². The number of nitrogens with zero attached hydrogens (tertiary/aromatic N) is 3. The maximum Gasteiger partial charge on any atom is 0.191 e. The minimum Gasteiger partial charge on any atom is -0.331 e. The summed E-state index contributed by atoms with van der Waals surface area (Å²) in [4.78, 5) is 0. The normalized spacial score (nSPS) is 18.5. The molecule has 7 nitrogen and oxygen atoms in total. The molecule has 0 spiro atoms. The average molecular weight is 420 g/mol. The van der Waals surface area contributed by atoms with Crippen molar-refractivity contribution in [1.29, 1.82) is 0 Å². The Balaban J connectivity index is 1.66. The van der Waals surface area contributed by atoms with E-state index in [0.29, 0.717) is 11.5 Å². The molecule has 2 heterocycles. The van der Waals surface area contributed by atoms with Crippen molar-refractivity contribution in [2.75, 3.05) is 16.8 Å². The maximum absolute atomic E-state index is 11.8. The van der Waals surface area contributed by atoms with Gasteiger partial charge >= 0.3 is 0 Å². The van der Waals surface area contributed by atoms with Crippen LogP contribution in [-0.2, 0) is 9.84 Å². The van der Waals surface area contributed by atoms with Crippen molar-refractivity contribution in [1.82, 2.24) is 15.2 Å². The molecule has 1 aromatic heterocycles. The zero-order valence-electron chi connectivity index (χ0n) is 16.5. The van der Waals surface area contributed by atoms with Gasteiger partial charge in [0.1, 0.15) is 0 Å². The van der Waals surface area contributed by atoms with Crippen LogP contribution in [0.1, 0.15) is 40.5 Å². The summed E-state index contributed by atoms with van der Waals surface area (Å²) in [6.45, 7) is 7.88. The molecular weight excluding hydrogens is 394 g/mol. The Hall–Kier alpha value is -2.26. The highest BCUT2D eigenvalue weighted by molar-refractivity contribution is 7.91. The Morgan fingerprint density at radius 1 is 1.32 bits per heavy atom. The van der Waals surface area contributed by atoms with E-state index >= 15 is 0 Å². The number of sulfone groups is 1. The molecule has 2 aromatic rings. The van der Waals surface area contributed by atoms with E-state index in [9.17, 15) is 8.42 Å². The van der Waals surface area contributed by atoms with Crippen LogP contribution in [0.5, 0.6) is 0 Å². The molecule has 150 valence electrons. The van der Waals surface area contributed by atoms with E-state index in [1.165, 1.54) is 5.56 Å². The fraction of sp³-hybridized carbons (Fsp3) is 0.421. The van der Waals surface area contributed by atoms with Crippen molar-refractivity contribution in [2.45, 2.75) is 40.2 Å². The molecule has 0 bridgehead atoms. The molecule has 2 N–H and O–H groups in total. The second-order valence-electron chi connectivity index (χ2n) is 7.23. The first-order valence-electron chi connectivity index (χ1n) is 9.10. The fourth-order valence-corrected chi connectivity index (χ4v) is 5.30. The van der Waals surface area contributed by atoms with Gasteiger partial charge in [-0.1, -0.05) is 17.7 Å². The number of hydrazone groups is 1. The molecule has 0 saturated carbocycles. The first-order valence-corrected chi connectivity index (χ1v) is 11.3. The minimum absolute atomic E-state index is 0.105. The Morgan fingerprint density at radius 2 is 2.07 bits per heavy atom. The van der Waals surface area contributed by atoms with Gasteiger partial charge in [-0.25, -0.2) is 8.42 Å². The highest BCUT2D eigenvalue weighted by atomic mass is 32.2. The van der Waals surface area contributed by atoms with Gasteiger partial charge < -0.3 is 5.32 Å². The lowest BCUT2D eigenvalue weighted by Crippen LogP contribution is -2.24. The first-order chi connectivity index (χ1) is 13.2. The van der Waals surface area contributed by atoms with Crippen LogP contribution in [0.4, 0.5) is 5.69 Å². The third kappa shape index (κ3) is 4.59. The molecule has 1 aromatic carbocycles. The van der Waals surface area contributed by atoms with Gasteiger partial charge in [-0.05, 0) is 58.0 Å². The number of aryl methyl sites for hydroxylation is 3. The summed E-state index contributed by atoms with van der Waals surface area (Å²) in [5, 5.41) is 12.3. The van der Waals surface area contributed by atoms with E-state index in [1.807, 2.05) is 44.5 Å². The summed E-state index contributed by atoms with van der Waals surface area (Å²) < 4.78 is 25.3. The van der Waals surface area contributed by atoms with Crippen LogP contribution in [0.2, 0.25) is 0 Å². The average Bonchev–Trinajstić information content (AvgIpc) is 3.10. The Labute approximate surface area is 171 Å². The molecule has 3 rings (SSSR count). The molecule has 0 unspecified atom stereocenters. The molecule has 1 saturated heterocycles. The van der Waals surface area contributed by atoms with Crippen molar-refractivity contribution in [3.63, 3.8) is 0 Å². The molecule has 0 radical (unpaired) electrons. The van der Waals surface area contributed by atoms with Crippen molar-refractivity contribution in [3.8, 4) is 0 Å². The molecule has 9 heteroatoms. The van der Waals surface area contributed by atoms with Crippen LogP contribution >= 0.6 is 12.2 Å². The summed E-state index contributed by atoms with van der Waals surface area (Å²) in [6, 6.07) is 5.98. The molecular formula is C19H25N5O2S2. The van der Waals surface area contributed by atoms with Crippen molar-refractivity contribution < 1.29 is 8.42 Å².